The number of ether oxygens (including phenoxy) is 1. The zero-order valence-electron chi connectivity index (χ0n) is 18.9. The summed E-state index contributed by atoms with van der Waals surface area (Å²) in [6.45, 7) is 4.49. The van der Waals surface area contributed by atoms with E-state index in [1.807, 2.05) is 41.0 Å². The van der Waals surface area contributed by atoms with Gasteiger partial charge in [-0.15, -0.1) is 10.2 Å². The molecular formula is C23H26N6O3S2. The highest BCUT2D eigenvalue weighted by Crippen LogP contribution is 2.28. The average Bonchev–Trinajstić information content (AvgIpc) is 3.48. The van der Waals surface area contributed by atoms with E-state index in [0.29, 0.717) is 37.6 Å². The predicted octanol–water partition coefficient (Wildman–Crippen LogP) is 3.34. The molecule has 0 spiro atoms. The van der Waals surface area contributed by atoms with Crippen molar-refractivity contribution in [3.63, 3.8) is 0 Å². The molecule has 0 amide bonds. The Kier molecular flexibility index (Phi) is 6.68. The van der Waals surface area contributed by atoms with Crippen LogP contribution in [0.4, 0.5) is 0 Å². The summed E-state index contributed by atoms with van der Waals surface area (Å²) in [5.74, 6) is 1.47. The molecule has 178 valence electrons. The average molecular weight is 499 g/mol. The summed E-state index contributed by atoms with van der Waals surface area (Å²) >= 11 is 1.56. The highest BCUT2D eigenvalue weighted by Gasteiger charge is 2.27. The maximum atomic E-state index is 13.1. The number of aromatic nitrogens is 5. The van der Waals surface area contributed by atoms with E-state index in [1.54, 1.807) is 30.2 Å². The van der Waals surface area contributed by atoms with E-state index in [0.717, 1.165) is 35.2 Å². The number of thioether (sulfide) groups is 1. The van der Waals surface area contributed by atoms with E-state index in [9.17, 15) is 8.42 Å². The number of hydrogen-bond donors (Lipinski definition) is 0. The minimum Gasteiger partial charge on any atom is -0.379 e. The lowest BCUT2D eigenvalue weighted by atomic mass is 10.3. The number of benzene rings is 2. The minimum absolute atomic E-state index is 0.270. The lowest BCUT2D eigenvalue weighted by molar-refractivity contribution is 0.0730. The van der Waals surface area contributed by atoms with Crippen molar-refractivity contribution < 1.29 is 13.2 Å². The number of para-hydroxylation sites is 1. The van der Waals surface area contributed by atoms with E-state index >= 15 is 0 Å². The first-order chi connectivity index (χ1) is 16.6. The van der Waals surface area contributed by atoms with Crippen LogP contribution in [0.25, 0.3) is 16.7 Å². The molecule has 0 unspecified atom stereocenters. The second-order valence-corrected chi connectivity index (χ2v) is 10.8. The monoisotopic (exact) mass is 498 g/mol. The Morgan fingerprint density at radius 3 is 2.65 bits per heavy atom. The Hall–Kier alpha value is -2.73. The third-order valence-corrected chi connectivity index (χ3v) is 8.57. The van der Waals surface area contributed by atoms with E-state index < -0.39 is 10.0 Å². The van der Waals surface area contributed by atoms with Crippen molar-refractivity contribution in [3.05, 3.63) is 60.7 Å². The fraction of sp³-hybridized carbons (Fsp3) is 0.348. The van der Waals surface area contributed by atoms with Gasteiger partial charge in [-0.3, -0.25) is 4.57 Å². The fourth-order valence-corrected chi connectivity index (χ4v) is 6.36. The van der Waals surface area contributed by atoms with Crippen molar-refractivity contribution in [1.29, 1.82) is 0 Å². The third-order valence-electron chi connectivity index (χ3n) is 5.74. The molecule has 5 rings (SSSR count). The molecule has 9 nitrogen and oxygen atoms in total. The summed E-state index contributed by atoms with van der Waals surface area (Å²) in [5.41, 5.74) is 2.61. The zero-order valence-corrected chi connectivity index (χ0v) is 20.5. The topological polar surface area (TPSA) is 95.1 Å². The van der Waals surface area contributed by atoms with Crippen molar-refractivity contribution in [1.82, 2.24) is 28.6 Å². The van der Waals surface area contributed by atoms with Gasteiger partial charge in [0, 0.05) is 25.3 Å². The SMILES string of the molecule is CCCn1c(CSc2nncn2-c2ccccc2)nc2cc(S(=O)(=O)N3CCOCC3)ccc21. The van der Waals surface area contributed by atoms with Crippen LogP contribution >= 0.6 is 11.8 Å². The van der Waals surface area contributed by atoms with Gasteiger partial charge in [0.15, 0.2) is 5.16 Å². The van der Waals surface area contributed by atoms with Gasteiger partial charge in [0.2, 0.25) is 10.0 Å². The molecule has 1 saturated heterocycles. The van der Waals surface area contributed by atoms with Gasteiger partial charge in [-0.25, -0.2) is 13.4 Å². The summed E-state index contributed by atoms with van der Waals surface area (Å²) in [7, 11) is -3.58. The molecule has 0 N–H and O–H groups in total. The van der Waals surface area contributed by atoms with Crippen molar-refractivity contribution >= 4 is 32.8 Å². The summed E-state index contributed by atoms with van der Waals surface area (Å²) in [6.07, 6.45) is 2.65. The normalized spacial score (nSPS) is 15.2. The molecule has 4 aromatic rings. The van der Waals surface area contributed by atoms with Crippen LogP contribution < -0.4 is 0 Å². The van der Waals surface area contributed by atoms with E-state index in [4.69, 9.17) is 9.72 Å². The first kappa shape index (κ1) is 23.0. The van der Waals surface area contributed by atoms with Crippen molar-refractivity contribution in [2.75, 3.05) is 26.3 Å². The molecule has 11 heteroatoms. The number of hydrogen-bond acceptors (Lipinski definition) is 7. The Morgan fingerprint density at radius 2 is 1.88 bits per heavy atom. The van der Waals surface area contributed by atoms with Crippen molar-refractivity contribution in [2.24, 2.45) is 0 Å². The van der Waals surface area contributed by atoms with Gasteiger partial charge in [0.1, 0.15) is 12.2 Å². The van der Waals surface area contributed by atoms with Gasteiger partial charge in [0.05, 0.1) is 34.9 Å². The quantitative estimate of drug-likeness (QED) is 0.344. The van der Waals surface area contributed by atoms with E-state index in [-0.39, 0.29) is 4.90 Å². The maximum absolute atomic E-state index is 13.1. The van der Waals surface area contributed by atoms with Crippen molar-refractivity contribution in [2.45, 2.75) is 35.7 Å². The van der Waals surface area contributed by atoms with Gasteiger partial charge < -0.3 is 9.30 Å². The van der Waals surface area contributed by atoms with E-state index in [2.05, 4.69) is 21.7 Å². The minimum atomic E-state index is -3.58. The van der Waals surface area contributed by atoms with Crippen LogP contribution in [0.1, 0.15) is 19.2 Å². The van der Waals surface area contributed by atoms with Crippen LogP contribution in [-0.2, 0) is 27.1 Å². The summed E-state index contributed by atoms with van der Waals surface area (Å²) < 4.78 is 37.1. The molecule has 1 aliphatic rings. The molecule has 1 fully saturated rings. The van der Waals surface area contributed by atoms with Crippen LogP contribution in [0.3, 0.4) is 0 Å². The lowest BCUT2D eigenvalue weighted by Gasteiger charge is -2.26. The number of sulfonamides is 1. The number of nitrogens with zero attached hydrogens (tertiary/aromatic N) is 6. The van der Waals surface area contributed by atoms with Gasteiger partial charge in [-0.05, 0) is 36.8 Å². The Balaban J connectivity index is 1.44. The van der Waals surface area contributed by atoms with Gasteiger partial charge in [-0.2, -0.15) is 4.31 Å². The van der Waals surface area contributed by atoms with Gasteiger partial charge in [-0.1, -0.05) is 36.9 Å². The molecule has 1 aliphatic heterocycles. The van der Waals surface area contributed by atoms with Crippen molar-refractivity contribution in [3.8, 4) is 5.69 Å². The second kappa shape index (κ2) is 9.87. The van der Waals surface area contributed by atoms with Crippen LogP contribution in [0.15, 0.2) is 64.9 Å². The molecule has 34 heavy (non-hydrogen) atoms. The summed E-state index contributed by atoms with van der Waals surface area (Å²) in [4.78, 5) is 5.10. The first-order valence-corrected chi connectivity index (χ1v) is 13.7. The smallest absolute Gasteiger partial charge is 0.243 e. The highest BCUT2D eigenvalue weighted by molar-refractivity contribution is 7.98. The van der Waals surface area contributed by atoms with Crippen LogP contribution in [0, 0.1) is 0 Å². The number of morpholine rings is 1. The molecule has 2 aromatic carbocycles. The van der Waals surface area contributed by atoms with Crippen LogP contribution in [-0.4, -0.2) is 63.3 Å². The predicted molar refractivity (Wildman–Crippen MR) is 131 cm³/mol. The number of imidazole rings is 1. The van der Waals surface area contributed by atoms with Crippen LogP contribution in [0.2, 0.25) is 0 Å². The maximum Gasteiger partial charge on any atom is 0.243 e. The number of aryl methyl sites for hydroxylation is 1. The Bertz CT molecular complexity index is 1380. The third kappa shape index (κ3) is 4.48. The molecule has 0 atom stereocenters. The molecule has 0 bridgehead atoms. The number of fused-ring (bicyclic) bond motifs is 1. The first-order valence-electron chi connectivity index (χ1n) is 11.2. The molecule has 0 aliphatic carbocycles. The van der Waals surface area contributed by atoms with E-state index in [1.165, 1.54) is 4.31 Å². The standard InChI is InChI=1S/C23H26N6O3S2/c1-2-10-28-21-9-8-19(34(30,31)27-11-13-32-14-12-27)15-20(21)25-22(28)16-33-23-26-24-17-29(23)18-6-4-3-5-7-18/h3-9,15,17H,2,10-14,16H2,1H3. The highest BCUT2D eigenvalue weighted by atomic mass is 32.2. The van der Waals surface area contributed by atoms with Crippen LogP contribution in [0.5, 0.6) is 0 Å². The summed E-state index contributed by atoms with van der Waals surface area (Å²) in [6, 6.07) is 15.2. The number of rotatable bonds is 8. The lowest BCUT2D eigenvalue weighted by Crippen LogP contribution is -2.40. The molecule has 0 radical (unpaired) electrons. The molecular weight excluding hydrogens is 472 g/mol. The Morgan fingerprint density at radius 1 is 1.09 bits per heavy atom. The zero-order chi connectivity index (χ0) is 23.5. The Labute approximate surface area is 202 Å². The fourth-order valence-electron chi connectivity index (χ4n) is 4.06. The van der Waals surface area contributed by atoms with Gasteiger partial charge in [0.25, 0.3) is 0 Å². The van der Waals surface area contributed by atoms with Gasteiger partial charge >= 0.3 is 0 Å². The molecule has 3 heterocycles. The largest absolute Gasteiger partial charge is 0.379 e. The molecule has 2 aromatic heterocycles. The summed E-state index contributed by atoms with van der Waals surface area (Å²) in [5, 5.41) is 9.13. The molecule has 0 saturated carbocycles. The second-order valence-electron chi connectivity index (χ2n) is 7.95.